The molecule has 2 saturated heterocycles. The van der Waals surface area contributed by atoms with Crippen molar-refractivity contribution >= 4 is 11.8 Å². The van der Waals surface area contributed by atoms with Crippen molar-refractivity contribution in [1.82, 2.24) is 9.80 Å². The first-order valence-electron chi connectivity index (χ1n) is 10.3. The molecule has 1 aliphatic carbocycles. The molecule has 146 valence electrons. The lowest BCUT2D eigenvalue weighted by Gasteiger charge is -2.33. The summed E-state index contributed by atoms with van der Waals surface area (Å²) in [6.07, 6.45) is 7.35. The van der Waals surface area contributed by atoms with Crippen LogP contribution >= 0.6 is 0 Å². The van der Waals surface area contributed by atoms with Gasteiger partial charge in [0.2, 0.25) is 11.8 Å². The van der Waals surface area contributed by atoms with Crippen molar-refractivity contribution in [2.75, 3.05) is 26.2 Å². The predicted octanol–water partition coefficient (Wildman–Crippen LogP) is 2.99. The third-order valence-electron chi connectivity index (χ3n) is 6.52. The molecule has 1 aromatic carbocycles. The van der Waals surface area contributed by atoms with Gasteiger partial charge >= 0.3 is 0 Å². The highest BCUT2D eigenvalue weighted by Crippen LogP contribution is 2.45. The monoisotopic (exact) mass is 370 g/mol. The van der Waals surface area contributed by atoms with E-state index in [9.17, 15) is 9.59 Å². The van der Waals surface area contributed by atoms with Crippen LogP contribution < -0.4 is 0 Å². The van der Waals surface area contributed by atoms with Gasteiger partial charge in [-0.25, -0.2) is 0 Å². The molecule has 0 radical (unpaired) electrons. The maximum absolute atomic E-state index is 12.7. The van der Waals surface area contributed by atoms with Crippen LogP contribution in [0.1, 0.15) is 50.5 Å². The fraction of sp³-hybridized carbons (Fsp3) is 0.636. The van der Waals surface area contributed by atoms with Crippen LogP contribution in [-0.4, -0.2) is 53.9 Å². The van der Waals surface area contributed by atoms with Crippen LogP contribution in [0.5, 0.6) is 0 Å². The van der Waals surface area contributed by atoms with Crippen molar-refractivity contribution in [3.63, 3.8) is 0 Å². The molecule has 4 rings (SSSR count). The summed E-state index contributed by atoms with van der Waals surface area (Å²) >= 11 is 0. The maximum atomic E-state index is 12.7. The molecule has 2 aliphatic heterocycles. The van der Waals surface area contributed by atoms with E-state index in [2.05, 4.69) is 12.1 Å². The molecule has 0 atom stereocenters. The second-order valence-electron chi connectivity index (χ2n) is 8.51. The summed E-state index contributed by atoms with van der Waals surface area (Å²) in [6.45, 7) is 3.13. The molecular weight excluding hydrogens is 340 g/mol. The van der Waals surface area contributed by atoms with Gasteiger partial charge in [0.05, 0.1) is 19.3 Å². The zero-order chi connectivity index (χ0) is 18.7. The Labute approximate surface area is 161 Å². The van der Waals surface area contributed by atoms with Crippen LogP contribution in [0.3, 0.4) is 0 Å². The quantitative estimate of drug-likeness (QED) is 0.801. The molecule has 0 N–H and O–H groups in total. The highest BCUT2D eigenvalue weighted by atomic mass is 16.5. The molecule has 27 heavy (non-hydrogen) atoms. The first-order chi connectivity index (χ1) is 13.1. The van der Waals surface area contributed by atoms with Gasteiger partial charge in [-0.15, -0.1) is 0 Å². The van der Waals surface area contributed by atoms with Crippen molar-refractivity contribution in [3.05, 3.63) is 35.9 Å². The van der Waals surface area contributed by atoms with Gasteiger partial charge in [-0.1, -0.05) is 43.2 Å². The van der Waals surface area contributed by atoms with Gasteiger partial charge in [-0.05, 0) is 36.7 Å². The number of carbonyl (C=O) groups excluding carboxylic acids is 2. The summed E-state index contributed by atoms with van der Waals surface area (Å²) < 4.78 is 6.01. The highest BCUT2D eigenvalue weighted by molar-refractivity contribution is 5.86. The summed E-state index contributed by atoms with van der Waals surface area (Å²) in [5.41, 5.74) is 1.36. The second kappa shape index (κ2) is 8.01. The Morgan fingerprint density at radius 2 is 1.81 bits per heavy atom. The first-order valence-corrected chi connectivity index (χ1v) is 10.3. The van der Waals surface area contributed by atoms with Gasteiger partial charge in [0.25, 0.3) is 0 Å². The predicted molar refractivity (Wildman–Crippen MR) is 103 cm³/mol. The molecule has 1 spiro atoms. The molecule has 3 fully saturated rings. The van der Waals surface area contributed by atoms with E-state index in [1.54, 1.807) is 0 Å². The lowest BCUT2D eigenvalue weighted by Crippen LogP contribution is -2.46. The average Bonchev–Trinajstić information content (AvgIpc) is 3.27. The molecule has 0 bridgehead atoms. The maximum Gasteiger partial charge on any atom is 0.242 e. The summed E-state index contributed by atoms with van der Waals surface area (Å²) in [4.78, 5) is 28.8. The van der Waals surface area contributed by atoms with Gasteiger partial charge in [0, 0.05) is 26.1 Å². The third-order valence-corrected chi connectivity index (χ3v) is 6.52. The molecule has 5 nitrogen and oxygen atoms in total. The number of hydrogen-bond acceptors (Lipinski definition) is 3. The zero-order valence-electron chi connectivity index (χ0n) is 16.1. The first kappa shape index (κ1) is 18.5. The number of benzene rings is 1. The van der Waals surface area contributed by atoms with Crippen LogP contribution in [0, 0.1) is 5.41 Å². The Bertz CT molecular complexity index is 661. The van der Waals surface area contributed by atoms with Gasteiger partial charge in [0.15, 0.2) is 0 Å². The van der Waals surface area contributed by atoms with Gasteiger partial charge in [0.1, 0.15) is 0 Å². The van der Waals surface area contributed by atoms with E-state index < -0.39 is 0 Å². The average molecular weight is 370 g/mol. The van der Waals surface area contributed by atoms with E-state index in [4.69, 9.17) is 4.74 Å². The number of ether oxygens (including phenoxy) is 1. The minimum Gasteiger partial charge on any atom is -0.373 e. The molecule has 0 aromatic heterocycles. The van der Waals surface area contributed by atoms with Crippen molar-refractivity contribution in [2.24, 2.45) is 5.41 Å². The van der Waals surface area contributed by atoms with E-state index in [1.807, 2.05) is 28.0 Å². The highest BCUT2D eigenvalue weighted by Gasteiger charge is 2.45. The largest absolute Gasteiger partial charge is 0.373 e. The van der Waals surface area contributed by atoms with E-state index in [1.165, 1.54) is 18.4 Å². The van der Waals surface area contributed by atoms with Crippen LogP contribution in [0.2, 0.25) is 0 Å². The van der Waals surface area contributed by atoms with Crippen LogP contribution in [0.15, 0.2) is 30.3 Å². The molecule has 2 amide bonds. The van der Waals surface area contributed by atoms with Crippen LogP contribution in [0.4, 0.5) is 0 Å². The summed E-state index contributed by atoms with van der Waals surface area (Å²) in [7, 11) is 0. The lowest BCUT2D eigenvalue weighted by atomic mass is 9.85. The zero-order valence-corrected chi connectivity index (χ0v) is 16.1. The van der Waals surface area contributed by atoms with E-state index in [0.717, 1.165) is 45.3 Å². The smallest absolute Gasteiger partial charge is 0.242 e. The van der Waals surface area contributed by atoms with Crippen LogP contribution in [-0.2, 0) is 20.9 Å². The standard InChI is InChI=1S/C22H30N2O3/c25-20-14-22(10-4-5-11-22)17-24(20)15-21(26)23-12-8-19(9-13-23)27-16-18-6-2-1-3-7-18/h1-3,6-7,19H,4-5,8-17H2. The Morgan fingerprint density at radius 1 is 1.11 bits per heavy atom. The SMILES string of the molecule is O=C(CN1CC2(CCCC2)CC1=O)N1CCC(OCc2ccccc2)CC1. The normalized spacial score (nSPS) is 22.7. The van der Waals surface area contributed by atoms with Crippen molar-refractivity contribution in [2.45, 2.75) is 57.7 Å². The van der Waals surface area contributed by atoms with E-state index >= 15 is 0 Å². The molecule has 5 heteroatoms. The number of hydrogen-bond donors (Lipinski definition) is 0. The second-order valence-corrected chi connectivity index (χ2v) is 8.51. The fourth-order valence-corrected chi connectivity index (χ4v) is 4.91. The number of rotatable bonds is 5. The fourth-order valence-electron chi connectivity index (χ4n) is 4.91. The summed E-state index contributed by atoms with van der Waals surface area (Å²) in [6, 6.07) is 10.2. The Balaban J connectivity index is 1.21. The number of likely N-dealkylation sites (tertiary alicyclic amines) is 2. The van der Waals surface area contributed by atoms with E-state index in [-0.39, 0.29) is 29.9 Å². The third kappa shape index (κ3) is 4.34. The summed E-state index contributed by atoms with van der Waals surface area (Å²) in [5.74, 6) is 0.270. The Morgan fingerprint density at radius 3 is 2.52 bits per heavy atom. The molecule has 1 saturated carbocycles. The number of piperidine rings is 1. The van der Waals surface area contributed by atoms with Crippen molar-refractivity contribution in [1.29, 1.82) is 0 Å². The Kier molecular flexibility index (Phi) is 5.48. The van der Waals surface area contributed by atoms with Gasteiger partial charge < -0.3 is 14.5 Å². The summed E-state index contributed by atoms with van der Waals surface area (Å²) in [5, 5.41) is 0. The molecule has 1 aromatic rings. The Hall–Kier alpha value is -1.88. The lowest BCUT2D eigenvalue weighted by molar-refractivity contribution is -0.140. The number of amides is 2. The molecular formula is C22H30N2O3. The van der Waals surface area contributed by atoms with E-state index in [0.29, 0.717) is 13.0 Å². The number of carbonyl (C=O) groups is 2. The number of nitrogens with zero attached hydrogens (tertiary/aromatic N) is 2. The minimum atomic E-state index is 0.0971. The van der Waals surface area contributed by atoms with Crippen molar-refractivity contribution in [3.8, 4) is 0 Å². The van der Waals surface area contributed by atoms with Gasteiger partial charge in [-0.2, -0.15) is 0 Å². The molecule has 0 unspecified atom stereocenters. The van der Waals surface area contributed by atoms with Crippen molar-refractivity contribution < 1.29 is 14.3 Å². The molecule has 3 aliphatic rings. The van der Waals surface area contributed by atoms with Crippen LogP contribution in [0.25, 0.3) is 0 Å². The van der Waals surface area contributed by atoms with Gasteiger partial charge in [-0.3, -0.25) is 9.59 Å². The molecule has 2 heterocycles. The topological polar surface area (TPSA) is 49.9 Å². The minimum absolute atomic E-state index is 0.0971.